The van der Waals surface area contributed by atoms with Crippen LogP contribution in [0.15, 0.2) is 84.9 Å². The molecule has 0 bridgehead atoms. The lowest BCUT2D eigenvalue weighted by Crippen LogP contribution is -2.33. The Bertz CT molecular complexity index is 1110. The Morgan fingerprint density at radius 2 is 1.70 bits per heavy atom. The van der Waals surface area contributed by atoms with Gasteiger partial charge in [-0.15, -0.1) is 0 Å². The number of hydrazone groups is 1. The van der Waals surface area contributed by atoms with Crippen molar-refractivity contribution >= 4 is 39.0 Å². The summed E-state index contributed by atoms with van der Waals surface area (Å²) in [6.07, 6.45) is 8.04. The van der Waals surface area contributed by atoms with Crippen molar-refractivity contribution in [1.29, 1.82) is 0 Å². The minimum absolute atomic E-state index is 0.00350. The second-order valence-corrected chi connectivity index (χ2v) is 7.04. The summed E-state index contributed by atoms with van der Waals surface area (Å²) < 4.78 is 5.76. The van der Waals surface area contributed by atoms with E-state index >= 15 is 0 Å². The normalized spacial score (nSPS) is 23.4. The van der Waals surface area contributed by atoms with Crippen LogP contribution in [0.2, 0.25) is 0 Å². The molecule has 0 saturated carbocycles. The number of nitrogens with zero attached hydrogens (tertiary/aromatic N) is 3. The highest BCUT2D eigenvalue weighted by Gasteiger charge is 2.36. The zero-order chi connectivity index (χ0) is 18.4. The molecule has 1 N–H and O–H groups in total. The van der Waals surface area contributed by atoms with Gasteiger partial charge in [-0.2, -0.15) is 5.10 Å². The minimum Gasteiger partial charge on any atom is -0.444 e. The number of hydrogen-bond donors (Lipinski definition) is 1. The van der Waals surface area contributed by atoms with Crippen molar-refractivity contribution in [3.63, 3.8) is 0 Å². The Kier molecular flexibility index (Phi) is 3.75. The number of allylic oxidation sites excluding steroid dienone is 2. The third kappa shape index (κ3) is 2.71. The average molecular weight is 421 g/mol. The van der Waals surface area contributed by atoms with Crippen LogP contribution >= 0.6 is 15.9 Å². The van der Waals surface area contributed by atoms with E-state index in [2.05, 4.69) is 26.5 Å². The van der Waals surface area contributed by atoms with Gasteiger partial charge in [0.1, 0.15) is 11.4 Å². The summed E-state index contributed by atoms with van der Waals surface area (Å²) in [5.74, 6) is -0.247. The third-order valence-electron chi connectivity index (χ3n) is 4.59. The first kappa shape index (κ1) is 16.1. The number of fused-ring (bicyclic) bond motifs is 4. The first-order valence-electron chi connectivity index (χ1n) is 8.45. The number of benzene rings is 1. The molecule has 132 valence electrons. The van der Waals surface area contributed by atoms with Crippen LogP contribution in [0.1, 0.15) is 21.7 Å². The molecule has 2 aromatic rings. The van der Waals surface area contributed by atoms with E-state index in [0.717, 1.165) is 16.8 Å². The van der Waals surface area contributed by atoms with E-state index in [4.69, 9.17) is 14.4 Å². The number of hydrogen-bond acceptors (Lipinski definition) is 5. The Hall–Kier alpha value is -3.06. The molecule has 1 aliphatic heterocycles. The largest absolute Gasteiger partial charge is 0.444 e. The molecule has 0 radical (unpaired) electrons. The van der Waals surface area contributed by atoms with Crippen molar-refractivity contribution in [1.82, 2.24) is 5.43 Å². The topological polar surface area (TPSA) is 79.3 Å². The van der Waals surface area contributed by atoms with Crippen molar-refractivity contribution in [3.05, 3.63) is 82.3 Å². The summed E-state index contributed by atoms with van der Waals surface area (Å²) in [5, 5.41) is 4.36. The number of nitrogens with one attached hydrogen (secondary N) is 1. The van der Waals surface area contributed by atoms with Gasteiger partial charge in [0.2, 0.25) is 0 Å². The van der Waals surface area contributed by atoms with E-state index in [1.165, 1.54) is 0 Å². The van der Waals surface area contributed by atoms with E-state index in [1.54, 1.807) is 12.1 Å². The molecule has 5 rings (SSSR count). The Morgan fingerprint density at radius 3 is 2.41 bits per heavy atom. The molecule has 1 amide bonds. The molecule has 2 aliphatic carbocycles. The molecule has 1 aromatic carbocycles. The van der Waals surface area contributed by atoms with Gasteiger partial charge in [0.15, 0.2) is 10.4 Å². The molecule has 2 unspecified atom stereocenters. The lowest BCUT2D eigenvalue weighted by Gasteiger charge is -2.23. The van der Waals surface area contributed by atoms with E-state index in [1.807, 2.05) is 48.6 Å². The maximum Gasteiger partial charge on any atom is 0.307 e. The first-order chi connectivity index (χ1) is 13.2. The number of rotatable bonds is 2. The summed E-state index contributed by atoms with van der Waals surface area (Å²) >= 11 is 3.19. The summed E-state index contributed by atoms with van der Waals surface area (Å²) in [7, 11) is 0. The van der Waals surface area contributed by atoms with E-state index in [0.29, 0.717) is 16.1 Å². The van der Waals surface area contributed by atoms with E-state index < -0.39 is 5.91 Å². The minimum atomic E-state index is -0.425. The molecule has 1 aromatic heterocycles. The smallest absolute Gasteiger partial charge is 0.307 e. The van der Waals surface area contributed by atoms with Crippen LogP contribution in [0.3, 0.4) is 0 Å². The molecule has 2 heterocycles. The molecule has 27 heavy (non-hydrogen) atoms. The van der Waals surface area contributed by atoms with Gasteiger partial charge in [-0.3, -0.25) is 14.8 Å². The molecule has 0 saturated heterocycles. The summed E-state index contributed by atoms with van der Waals surface area (Å²) in [5.41, 5.74) is 6.59. The fourth-order valence-corrected chi connectivity index (χ4v) is 3.65. The Balaban J connectivity index is 1.54. The lowest BCUT2D eigenvalue weighted by molar-refractivity contribution is 0.0926. The second-order valence-electron chi connectivity index (χ2n) is 6.26. The standard InChI is InChI=1S/C20H13BrN4O2/c21-16-10-9-15(27-16)20(26)25-24-18-12-6-2-1-5-11(12)17-19(18)23-14-8-4-3-7-13(14)22-17/h1-10,13-14H,(H,25,26). The summed E-state index contributed by atoms with van der Waals surface area (Å²) in [4.78, 5) is 22.0. The first-order valence-corrected chi connectivity index (χ1v) is 9.24. The van der Waals surface area contributed by atoms with Crippen LogP contribution < -0.4 is 5.43 Å². The zero-order valence-electron chi connectivity index (χ0n) is 14.0. The van der Waals surface area contributed by atoms with Gasteiger partial charge in [0.05, 0.1) is 17.8 Å². The fraction of sp³-hybridized carbons (Fsp3) is 0.100. The number of aliphatic imine (C=N–C) groups is 2. The quantitative estimate of drug-likeness (QED) is 0.756. The fourth-order valence-electron chi connectivity index (χ4n) is 3.35. The van der Waals surface area contributed by atoms with Gasteiger partial charge in [-0.25, -0.2) is 5.43 Å². The highest BCUT2D eigenvalue weighted by Crippen LogP contribution is 2.28. The van der Waals surface area contributed by atoms with Crippen LogP contribution in [0.5, 0.6) is 0 Å². The van der Waals surface area contributed by atoms with E-state index in [-0.39, 0.29) is 17.8 Å². The molecular weight excluding hydrogens is 408 g/mol. The molecule has 0 spiro atoms. The van der Waals surface area contributed by atoms with Crippen molar-refractivity contribution in [2.45, 2.75) is 12.1 Å². The Morgan fingerprint density at radius 1 is 1.00 bits per heavy atom. The highest BCUT2D eigenvalue weighted by atomic mass is 79.9. The third-order valence-corrected chi connectivity index (χ3v) is 5.01. The molecule has 0 fully saturated rings. The summed E-state index contributed by atoms with van der Waals surface area (Å²) in [6, 6.07) is 11.0. The van der Waals surface area contributed by atoms with Crippen molar-refractivity contribution in [3.8, 4) is 0 Å². The maximum atomic E-state index is 12.3. The highest BCUT2D eigenvalue weighted by molar-refractivity contribution is 9.10. The van der Waals surface area contributed by atoms with Crippen LogP contribution in [-0.4, -0.2) is 35.1 Å². The predicted octanol–water partition coefficient (Wildman–Crippen LogP) is 3.30. The van der Waals surface area contributed by atoms with Crippen LogP contribution in [0.4, 0.5) is 0 Å². The molecule has 3 aliphatic rings. The van der Waals surface area contributed by atoms with Crippen LogP contribution in [-0.2, 0) is 0 Å². The summed E-state index contributed by atoms with van der Waals surface area (Å²) in [6.45, 7) is 0. The zero-order valence-corrected chi connectivity index (χ0v) is 15.6. The number of furan rings is 1. The van der Waals surface area contributed by atoms with E-state index in [9.17, 15) is 4.79 Å². The number of halogens is 1. The Labute approximate surface area is 163 Å². The van der Waals surface area contributed by atoms with Crippen molar-refractivity contribution in [2.24, 2.45) is 15.1 Å². The number of amides is 1. The van der Waals surface area contributed by atoms with Crippen LogP contribution in [0.25, 0.3) is 0 Å². The molecule has 2 atom stereocenters. The molecule has 6 nitrogen and oxygen atoms in total. The lowest BCUT2D eigenvalue weighted by atomic mass is 10.0. The SMILES string of the molecule is O=C(NN=C1C2=NC3C=CC=CC3N=C2c2ccccc21)c1ccc(Br)o1. The predicted molar refractivity (Wildman–Crippen MR) is 107 cm³/mol. The van der Waals surface area contributed by atoms with Gasteiger partial charge < -0.3 is 4.42 Å². The number of carbonyl (C=O) groups is 1. The van der Waals surface area contributed by atoms with Gasteiger partial charge in [0, 0.05) is 11.1 Å². The second kappa shape index (κ2) is 6.28. The molecule has 7 heteroatoms. The maximum absolute atomic E-state index is 12.3. The van der Waals surface area contributed by atoms with Crippen LogP contribution in [0, 0.1) is 0 Å². The van der Waals surface area contributed by atoms with Crippen molar-refractivity contribution < 1.29 is 9.21 Å². The van der Waals surface area contributed by atoms with Gasteiger partial charge in [-0.1, -0.05) is 48.6 Å². The van der Waals surface area contributed by atoms with Crippen molar-refractivity contribution in [2.75, 3.05) is 0 Å². The van der Waals surface area contributed by atoms with Gasteiger partial charge in [0.25, 0.3) is 0 Å². The average Bonchev–Trinajstić information content (AvgIpc) is 3.26. The van der Waals surface area contributed by atoms with Gasteiger partial charge >= 0.3 is 5.91 Å². The molecular formula is C20H13BrN4O2. The number of carbonyl (C=O) groups excluding carboxylic acids is 1. The monoisotopic (exact) mass is 420 g/mol. The van der Waals surface area contributed by atoms with Gasteiger partial charge in [-0.05, 0) is 28.1 Å².